The molecule has 4 heavy (non-hydrogen) atoms. The molecule has 0 amide bonds. The van der Waals surface area contributed by atoms with Crippen molar-refractivity contribution in [2.45, 2.75) is 0 Å². The Morgan fingerprint density at radius 3 is 1.25 bits per heavy atom. The average molecular weight is 93.9 g/mol. The summed E-state index contributed by atoms with van der Waals surface area (Å²) < 4.78 is 16.8. The summed E-state index contributed by atoms with van der Waals surface area (Å²) in [5.74, 6) is 0. The van der Waals surface area contributed by atoms with E-state index >= 15 is 0 Å². The minimum absolute atomic E-state index is 0. The number of rotatable bonds is 0. The zero-order chi connectivity index (χ0) is 2.71. The first-order valence-electron chi connectivity index (χ1n) is 0.309. The van der Waals surface area contributed by atoms with E-state index in [2.05, 4.69) is 0 Å². The summed E-state index contributed by atoms with van der Waals surface area (Å²) >= 11 is -1.44. The second kappa shape index (κ2) is 9.31. The fraction of sp³-hybridized carbons (Fsp3) is 0. The summed E-state index contributed by atoms with van der Waals surface area (Å²) in [6.45, 7) is 0. The number of hydrogen-bond donors (Lipinski definition) is 0. The quantitative estimate of drug-likeness (QED) is 0.375. The van der Waals surface area contributed by atoms with Crippen molar-refractivity contribution in [1.29, 1.82) is 0 Å². The van der Waals surface area contributed by atoms with E-state index < -0.39 is 14.8 Å². The summed E-state index contributed by atoms with van der Waals surface area (Å²) in [5, 5.41) is 0. The summed E-state index contributed by atoms with van der Waals surface area (Å²) in [7, 11) is 0. The molecule has 0 aromatic rings. The molecule has 0 rings (SSSR count). The van der Waals surface area contributed by atoms with Crippen molar-refractivity contribution in [3.63, 3.8) is 0 Å². The van der Waals surface area contributed by atoms with Crippen molar-refractivity contribution in [2.24, 2.45) is 0 Å². The molecule has 2 nitrogen and oxygen atoms in total. The van der Waals surface area contributed by atoms with E-state index in [9.17, 15) is 0 Å². The molecule has 0 heterocycles. The van der Waals surface area contributed by atoms with Gasteiger partial charge in [0.1, 0.15) is 0 Å². The van der Waals surface area contributed by atoms with Gasteiger partial charge in [-0.1, -0.05) is 0 Å². The van der Waals surface area contributed by atoms with Crippen LogP contribution in [0.25, 0.3) is 0 Å². The molecule has 0 aliphatic carbocycles. The van der Waals surface area contributed by atoms with Crippen LogP contribution in [-0.2, 0) is 22.5 Å². The summed E-state index contributed by atoms with van der Waals surface area (Å²) in [5.41, 5.74) is 0. The molecule has 0 fully saturated rings. The molecule has 0 aromatic heterocycles. The van der Waals surface area contributed by atoms with E-state index in [1.54, 1.807) is 0 Å². The molecule has 0 saturated heterocycles. The topological polar surface area (TPSA) is 34.1 Å². The Morgan fingerprint density at radius 2 is 1.25 bits per heavy atom. The first-order valence-corrected chi connectivity index (χ1v) is 1.27. The first-order chi connectivity index (χ1) is 1.41. The molecule has 0 spiro atoms. The average Bonchev–Trinajstić information content (AvgIpc) is 0.918. The van der Waals surface area contributed by atoms with Gasteiger partial charge in [-0.3, -0.25) is 0 Å². The standard InChI is InChI=1S/Li.Mn.2O. The molecule has 0 aliphatic rings. The van der Waals surface area contributed by atoms with E-state index in [0.29, 0.717) is 0 Å². The van der Waals surface area contributed by atoms with Gasteiger partial charge >= 0.3 is 22.5 Å². The van der Waals surface area contributed by atoms with Crippen LogP contribution in [0, 0.1) is 0 Å². The van der Waals surface area contributed by atoms with Crippen LogP contribution < -0.4 is 0 Å². The van der Waals surface area contributed by atoms with Crippen LogP contribution in [0.5, 0.6) is 0 Å². The predicted molar refractivity (Wildman–Crippen MR) is 7.13 cm³/mol. The Morgan fingerprint density at radius 1 is 1.25 bits per heavy atom. The third kappa shape index (κ3) is 15.6. The second-order valence-corrected chi connectivity index (χ2v) is 0.260. The molecule has 4 heteroatoms. The molecular weight excluding hydrogens is 93.9 g/mol. The van der Waals surface area contributed by atoms with Crippen molar-refractivity contribution in [3.05, 3.63) is 0 Å². The predicted octanol–water partition coefficient (Wildman–Crippen LogP) is -0.621. The van der Waals surface area contributed by atoms with Gasteiger partial charge in [0.2, 0.25) is 0 Å². The zero-order valence-corrected chi connectivity index (χ0v) is 3.37. The molecule has 0 N–H and O–H groups in total. The van der Waals surface area contributed by atoms with Gasteiger partial charge in [0.25, 0.3) is 0 Å². The van der Waals surface area contributed by atoms with Crippen LogP contribution in [0.2, 0.25) is 0 Å². The van der Waals surface area contributed by atoms with Crippen LogP contribution in [0.1, 0.15) is 0 Å². The minimum atomic E-state index is -1.44. The summed E-state index contributed by atoms with van der Waals surface area (Å²) in [6, 6.07) is 0. The van der Waals surface area contributed by atoms with Crippen LogP contribution in [0.3, 0.4) is 0 Å². The second-order valence-electron chi connectivity index (χ2n) is 0.0630. The Hall–Kier alpha value is 0.717. The van der Waals surface area contributed by atoms with Gasteiger partial charge in [-0.25, -0.2) is 0 Å². The SMILES string of the molecule is [Li].[O]=[Mn]=[O]. The molecule has 0 aromatic carbocycles. The Labute approximate surface area is 41.7 Å². The summed E-state index contributed by atoms with van der Waals surface area (Å²) in [6.07, 6.45) is 0. The summed E-state index contributed by atoms with van der Waals surface area (Å²) in [4.78, 5) is 0. The Balaban J connectivity index is 0. The molecule has 1 radical (unpaired) electrons. The van der Waals surface area contributed by atoms with Crippen LogP contribution >= 0.6 is 0 Å². The molecule has 0 atom stereocenters. The van der Waals surface area contributed by atoms with Gasteiger partial charge in [0.05, 0.1) is 0 Å². The van der Waals surface area contributed by atoms with Gasteiger partial charge in [0.15, 0.2) is 0 Å². The van der Waals surface area contributed by atoms with Gasteiger partial charge in [-0.05, 0) is 0 Å². The maximum atomic E-state index is 8.41. The van der Waals surface area contributed by atoms with E-state index in [1.807, 2.05) is 0 Å². The van der Waals surface area contributed by atoms with Gasteiger partial charge < -0.3 is 0 Å². The van der Waals surface area contributed by atoms with Gasteiger partial charge in [-0.2, -0.15) is 0 Å². The Bertz CT molecular complexity index is 27.0. The van der Waals surface area contributed by atoms with Crippen molar-refractivity contribution in [3.8, 4) is 0 Å². The molecule has 0 bridgehead atoms. The van der Waals surface area contributed by atoms with Crippen molar-refractivity contribution >= 4 is 18.9 Å². The van der Waals surface area contributed by atoms with Crippen molar-refractivity contribution < 1.29 is 22.5 Å². The fourth-order valence-electron chi connectivity index (χ4n) is 0. The van der Waals surface area contributed by atoms with E-state index in [1.165, 1.54) is 0 Å². The van der Waals surface area contributed by atoms with Gasteiger partial charge in [0, 0.05) is 18.9 Å². The molecule has 0 saturated carbocycles. The fourth-order valence-corrected chi connectivity index (χ4v) is 0. The van der Waals surface area contributed by atoms with Crippen LogP contribution in [-0.4, -0.2) is 18.9 Å². The third-order valence-electron chi connectivity index (χ3n) is 0. The maximum absolute atomic E-state index is 8.41. The van der Waals surface area contributed by atoms with Crippen LogP contribution in [0.15, 0.2) is 0 Å². The molecule has 0 unspecified atom stereocenters. The Kier molecular flexibility index (Phi) is 20.5. The van der Waals surface area contributed by atoms with E-state index in [-0.39, 0.29) is 18.9 Å². The molecule has 0 aliphatic heterocycles. The van der Waals surface area contributed by atoms with Crippen molar-refractivity contribution in [2.75, 3.05) is 0 Å². The number of hydrogen-bond acceptors (Lipinski definition) is 2. The third-order valence-corrected chi connectivity index (χ3v) is 0. The first kappa shape index (κ1) is 8.83. The normalized spacial score (nSPS) is 3.00. The zero-order valence-electron chi connectivity index (χ0n) is 2.19. The van der Waals surface area contributed by atoms with Crippen LogP contribution in [0.4, 0.5) is 0 Å². The van der Waals surface area contributed by atoms with Crippen molar-refractivity contribution in [1.82, 2.24) is 0 Å². The molecular formula is LiMnO2. The monoisotopic (exact) mass is 93.9 g/mol. The molecule has 20 valence electrons. The van der Waals surface area contributed by atoms with E-state index in [4.69, 9.17) is 7.67 Å². The van der Waals surface area contributed by atoms with E-state index in [0.717, 1.165) is 0 Å². The van der Waals surface area contributed by atoms with Gasteiger partial charge in [-0.15, -0.1) is 0 Å².